The molecular weight excluding hydrogens is 198 g/mol. The van der Waals surface area contributed by atoms with Crippen molar-refractivity contribution in [3.8, 4) is 0 Å². The maximum absolute atomic E-state index is 5.44. The first-order valence-electron chi connectivity index (χ1n) is 4.47. The molecule has 1 rings (SSSR count). The van der Waals surface area contributed by atoms with E-state index in [9.17, 15) is 0 Å². The minimum atomic E-state index is 0.495. The first-order chi connectivity index (χ1) is 6.63. The van der Waals surface area contributed by atoms with Gasteiger partial charge in [0.25, 0.3) is 0 Å². The van der Waals surface area contributed by atoms with E-state index in [0.29, 0.717) is 18.1 Å². The maximum Gasteiger partial charge on any atom is 0.140 e. The normalized spacial score (nSPS) is 10.8. The zero-order valence-electron chi connectivity index (χ0n) is 8.47. The summed E-state index contributed by atoms with van der Waals surface area (Å²) in [6, 6.07) is 0. The van der Waals surface area contributed by atoms with Crippen LogP contribution >= 0.6 is 12.2 Å². The third-order valence-electron chi connectivity index (χ3n) is 1.83. The molecule has 1 aromatic rings. The van der Waals surface area contributed by atoms with Gasteiger partial charge in [0.2, 0.25) is 0 Å². The fraction of sp³-hybridized carbons (Fsp3) is 0.625. The van der Waals surface area contributed by atoms with Crippen LogP contribution in [0.1, 0.15) is 12.7 Å². The summed E-state index contributed by atoms with van der Waals surface area (Å²) < 4.78 is 1.86. The van der Waals surface area contributed by atoms with E-state index >= 15 is 0 Å². The van der Waals surface area contributed by atoms with E-state index in [1.165, 1.54) is 0 Å². The molecule has 5 nitrogen and oxygen atoms in total. The SMILES string of the molecule is CCn1ncnc1CN(C)CC(N)=S. The van der Waals surface area contributed by atoms with E-state index in [0.717, 1.165) is 12.4 Å². The molecule has 0 saturated heterocycles. The lowest BCUT2D eigenvalue weighted by Gasteiger charge is -2.14. The summed E-state index contributed by atoms with van der Waals surface area (Å²) in [7, 11) is 1.95. The highest BCUT2D eigenvalue weighted by atomic mass is 32.1. The molecule has 0 spiro atoms. The molecule has 0 atom stereocenters. The van der Waals surface area contributed by atoms with Crippen molar-refractivity contribution in [1.82, 2.24) is 19.7 Å². The van der Waals surface area contributed by atoms with Crippen molar-refractivity contribution < 1.29 is 0 Å². The van der Waals surface area contributed by atoms with Crippen molar-refractivity contribution in [3.63, 3.8) is 0 Å². The van der Waals surface area contributed by atoms with Crippen LogP contribution < -0.4 is 5.73 Å². The molecule has 14 heavy (non-hydrogen) atoms. The van der Waals surface area contributed by atoms with Crippen LogP contribution in [0.5, 0.6) is 0 Å². The summed E-state index contributed by atoms with van der Waals surface area (Å²) in [4.78, 5) is 6.67. The Morgan fingerprint density at radius 3 is 3.00 bits per heavy atom. The molecule has 0 aliphatic rings. The zero-order chi connectivity index (χ0) is 10.6. The summed E-state index contributed by atoms with van der Waals surface area (Å²) in [5.74, 6) is 0.936. The molecule has 0 saturated carbocycles. The van der Waals surface area contributed by atoms with E-state index in [2.05, 4.69) is 10.1 Å². The lowest BCUT2D eigenvalue weighted by Crippen LogP contribution is -2.30. The van der Waals surface area contributed by atoms with Crippen LogP contribution in [0.25, 0.3) is 0 Å². The van der Waals surface area contributed by atoms with Gasteiger partial charge >= 0.3 is 0 Å². The van der Waals surface area contributed by atoms with E-state index in [4.69, 9.17) is 18.0 Å². The van der Waals surface area contributed by atoms with Gasteiger partial charge in [-0.05, 0) is 14.0 Å². The van der Waals surface area contributed by atoms with Crippen LogP contribution in [0.4, 0.5) is 0 Å². The number of hydrogen-bond acceptors (Lipinski definition) is 4. The second-order valence-electron chi connectivity index (χ2n) is 3.13. The summed E-state index contributed by atoms with van der Waals surface area (Å²) in [5.41, 5.74) is 5.44. The Bertz CT molecular complexity index is 308. The first kappa shape index (κ1) is 11.1. The first-order valence-corrected chi connectivity index (χ1v) is 4.87. The van der Waals surface area contributed by atoms with Crippen LogP contribution in [0, 0.1) is 0 Å². The predicted molar refractivity (Wildman–Crippen MR) is 58.8 cm³/mol. The minimum Gasteiger partial charge on any atom is -0.392 e. The smallest absolute Gasteiger partial charge is 0.140 e. The topological polar surface area (TPSA) is 60.0 Å². The number of aryl methyl sites for hydroxylation is 1. The molecule has 0 amide bonds. The second-order valence-corrected chi connectivity index (χ2v) is 3.66. The van der Waals surface area contributed by atoms with Crippen LogP contribution in [-0.2, 0) is 13.1 Å². The Labute approximate surface area is 88.9 Å². The number of rotatable bonds is 5. The largest absolute Gasteiger partial charge is 0.392 e. The summed E-state index contributed by atoms with van der Waals surface area (Å²) >= 11 is 4.82. The van der Waals surface area contributed by atoms with Crippen LogP contribution in [0.3, 0.4) is 0 Å². The molecule has 78 valence electrons. The summed E-state index contributed by atoms with van der Waals surface area (Å²) in [6.07, 6.45) is 1.56. The third kappa shape index (κ3) is 3.04. The highest BCUT2D eigenvalue weighted by molar-refractivity contribution is 7.80. The van der Waals surface area contributed by atoms with E-state index in [1.807, 2.05) is 23.6 Å². The van der Waals surface area contributed by atoms with Crippen molar-refractivity contribution in [3.05, 3.63) is 12.2 Å². The molecule has 2 N–H and O–H groups in total. The van der Waals surface area contributed by atoms with Gasteiger partial charge in [-0.3, -0.25) is 4.90 Å². The van der Waals surface area contributed by atoms with Crippen molar-refractivity contribution in [2.75, 3.05) is 13.6 Å². The molecule has 6 heteroatoms. The van der Waals surface area contributed by atoms with Gasteiger partial charge in [0.05, 0.1) is 11.5 Å². The minimum absolute atomic E-state index is 0.495. The summed E-state index contributed by atoms with van der Waals surface area (Å²) in [5, 5.41) is 4.08. The Morgan fingerprint density at radius 1 is 1.71 bits per heavy atom. The van der Waals surface area contributed by atoms with Gasteiger partial charge in [-0.1, -0.05) is 12.2 Å². The van der Waals surface area contributed by atoms with E-state index in [-0.39, 0.29) is 0 Å². The third-order valence-corrected chi connectivity index (χ3v) is 1.96. The average molecular weight is 213 g/mol. The monoisotopic (exact) mass is 213 g/mol. The number of hydrogen-bond donors (Lipinski definition) is 1. The maximum atomic E-state index is 5.44. The van der Waals surface area contributed by atoms with Crippen LogP contribution in [0.2, 0.25) is 0 Å². The van der Waals surface area contributed by atoms with Crippen molar-refractivity contribution in [1.29, 1.82) is 0 Å². The van der Waals surface area contributed by atoms with Gasteiger partial charge in [-0.15, -0.1) is 0 Å². The standard InChI is InChI=1S/C8H15N5S/c1-3-13-8(10-6-11-13)5-12(2)4-7(9)14/h6H,3-5H2,1-2H3,(H2,9,14). The van der Waals surface area contributed by atoms with Gasteiger partial charge in [-0.25, -0.2) is 9.67 Å². The predicted octanol–water partition coefficient (Wildman–Crippen LogP) is 0.0159. The van der Waals surface area contributed by atoms with Crippen LogP contribution in [-0.4, -0.2) is 38.2 Å². The zero-order valence-corrected chi connectivity index (χ0v) is 9.29. The van der Waals surface area contributed by atoms with Gasteiger partial charge in [0, 0.05) is 13.1 Å². The Hall–Kier alpha value is -1.01. The average Bonchev–Trinajstić information content (AvgIpc) is 2.50. The van der Waals surface area contributed by atoms with Gasteiger partial charge in [0.15, 0.2) is 0 Å². The molecule has 0 aromatic carbocycles. The fourth-order valence-corrected chi connectivity index (χ4v) is 1.46. The number of nitrogens with zero attached hydrogens (tertiary/aromatic N) is 4. The molecule has 0 radical (unpaired) electrons. The molecule has 0 aliphatic carbocycles. The molecule has 0 fully saturated rings. The molecule has 1 aromatic heterocycles. The highest BCUT2D eigenvalue weighted by Crippen LogP contribution is 1.98. The Morgan fingerprint density at radius 2 is 2.43 bits per heavy atom. The molecular formula is C8H15N5S. The highest BCUT2D eigenvalue weighted by Gasteiger charge is 2.06. The van der Waals surface area contributed by atoms with Crippen molar-refractivity contribution in [2.45, 2.75) is 20.0 Å². The number of aromatic nitrogens is 3. The fourth-order valence-electron chi connectivity index (χ4n) is 1.24. The number of thiocarbonyl (C=S) groups is 1. The quantitative estimate of drug-likeness (QED) is 0.699. The molecule has 1 heterocycles. The van der Waals surface area contributed by atoms with Crippen molar-refractivity contribution in [2.24, 2.45) is 5.73 Å². The Kier molecular flexibility index (Phi) is 3.97. The lowest BCUT2D eigenvalue weighted by molar-refractivity contribution is 0.353. The number of nitrogens with two attached hydrogens (primary N) is 1. The molecule has 0 bridgehead atoms. The summed E-state index contributed by atoms with van der Waals surface area (Å²) in [6.45, 7) is 4.18. The van der Waals surface area contributed by atoms with Gasteiger partial charge in [-0.2, -0.15) is 5.10 Å². The van der Waals surface area contributed by atoms with Crippen molar-refractivity contribution >= 4 is 17.2 Å². The molecule has 0 aliphatic heterocycles. The van der Waals surface area contributed by atoms with E-state index in [1.54, 1.807) is 6.33 Å². The van der Waals surface area contributed by atoms with E-state index < -0.39 is 0 Å². The Balaban J connectivity index is 2.55. The lowest BCUT2D eigenvalue weighted by atomic mass is 10.5. The van der Waals surface area contributed by atoms with Gasteiger partial charge < -0.3 is 5.73 Å². The second kappa shape index (κ2) is 5.02. The molecule has 0 unspecified atom stereocenters. The van der Waals surface area contributed by atoms with Crippen LogP contribution in [0.15, 0.2) is 6.33 Å². The van der Waals surface area contributed by atoms with Gasteiger partial charge in [0.1, 0.15) is 12.2 Å². The number of likely N-dealkylation sites (N-methyl/N-ethyl adjacent to an activating group) is 1.